The van der Waals surface area contributed by atoms with Gasteiger partial charge in [0.25, 0.3) is 5.91 Å². The van der Waals surface area contributed by atoms with E-state index in [1.54, 1.807) is 4.90 Å². The number of carbonyl (C=O) groups excluding carboxylic acids is 3. The molecule has 4 rings (SSSR count). The van der Waals surface area contributed by atoms with Crippen LogP contribution >= 0.6 is 0 Å². The molecule has 144 valence electrons. The number of aliphatic hydroxyl groups is 1. The van der Waals surface area contributed by atoms with Gasteiger partial charge in [-0.3, -0.25) is 24.6 Å². The number of amides is 3. The summed E-state index contributed by atoms with van der Waals surface area (Å²) in [6.45, 7) is 2.78. The van der Waals surface area contributed by atoms with Gasteiger partial charge < -0.3 is 15.3 Å². The maximum atomic E-state index is 12.8. The minimum Gasteiger partial charge on any atom is -0.386 e. The maximum Gasteiger partial charge on any atom is 0.255 e. The van der Waals surface area contributed by atoms with Crippen molar-refractivity contribution in [2.45, 2.75) is 37.6 Å². The molecular formula is C19H24N4O4. The standard InChI is InChI=1S/C19H24N4O4/c1-22(11-19(27)9-20-10-19)7-12-2-3-13-8-23(18(26)14(13)6-12)15-4-5-16(24)21-17(15)25/h2-3,6,15,20,27H,4-5,7-11H2,1H3,(H,21,24,25). The summed E-state index contributed by atoms with van der Waals surface area (Å²) in [6.07, 6.45) is 0.622. The first-order valence-electron chi connectivity index (χ1n) is 9.23. The van der Waals surface area contributed by atoms with Gasteiger partial charge in [0.1, 0.15) is 11.6 Å². The number of nitrogens with zero attached hydrogens (tertiary/aromatic N) is 2. The predicted octanol–water partition coefficient (Wildman–Crippen LogP) is -0.786. The number of rotatable bonds is 5. The minimum absolute atomic E-state index is 0.161. The normalized spacial score (nSPS) is 24.0. The Kier molecular flexibility index (Phi) is 4.49. The van der Waals surface area contributed by atoms with Crippen LogP contribution in [0.15, 0.2) is 18.2 Å². The first-order chi connectivity index (χ1) is 12.8. The number of nitrogens with one attached hydrogen (secondary N) is 2. The van der Waals surface area contributed by atoms with Gasteiger partial charge in [-0.1, -0.05) is 12.1 Å². The van der Waals surface area contributed by atoms with E-state index in [0.717, 1.165) is 11.1 Å². The number of carbonyl (C=O) groups is 3. The van der Waals surface area contributed by atoms with Crippen LogP contribution in [-0.2, 0) is 22.7 Å². The van der Waals surface area contributed by atoms with E-state index in [1.165, 1.54) is 0 Å². The van der Waals surface area contributed by atoms with Gasteiger partial charge in [-0.2, -0.15) is 0 Å². The number of benzene rings is 1. The van der Waals surface area contributed by atoms with E-state index in [9.17, 15) is 19.5 Å². The maximum absolute atomic E-state index is 12.8. The fraction of sp³-hybridized carbons (Fsp3) is 0.526. The van der Waals surface area contributed by atoms with E-state index in [4.69, 9.17) is 0 Å². The smallest absolute Gasteiger partial charge is 0.255 e. The number of fused-ring (bicyclic) bond motifs is 1. The predicted molar refractivity (Wildman–Crippen MR) is 96.6 cm³/mol. The highest BCUT2D eigenvalue weighted by Gasteiger charge is 2.39. The molecule has 0 saturated carbocycles. The number of hydrogen-bond donors (Lipinski definition) is 3. The molecule has 3 N–H and O–H groups in total. The molecule has 3 aliphatic rings. The van der Waals surface area contributed by atoms with Crippen LogP contribution in [0.1, 0.15) is 34.3 Å². The Balaban J connectivity index is 1.45. The Morgan fingerprint density at radius 1 is 1.30 bits per heavy atom. The largest absolute Gasteiger partial charge is 0.386 e. The number of piperidine rings is 1. The summed E-state index contributed by atoms with van der Waals surface area (Å²) in [5, 5.41) is 15.6. The third-order valence-electron chi connectivity index (χ3n) is 5.52. The van der Waals surface area contributed by atoms with Gasteiger partial charge in [-0.25, -0.2) is 0 Å². The first-order valence-corrected chi connectivity index (χ1v) is 9.23. The molecule has 0 bridgehead atoms. The van der Waals surface area contributed by atoms with Crippen LogP contribution in [0.5, 0.6) is 0 Å². The van der Waals surface area contributed by atoms with E-state index in [1.807, 2.05) is 30.1 Å². The highest BCUT2D eigenvalue weighted by molar-refractivity contribution is 6.05. The van der Waals surface area contributed by atoms with Gasteiger partial charge in [0.2, 0.25) is 11.8 Å². The molecule has 2 saturated heterocycles. The number of imide groups is 1. The molecule has 1 aromatic carbocycles. The molecule has 1 aromatic rings. The summed E-state index contributed by atoms with van der Waals surface area (Å²) in [4.78, 5) is 39.9. The van der Waals surface area contributed by atoms with Crippen molar-refractivity contribution in [3.63, 3.8) is 0 Å². The summed E-state index contributed by atoms with van der Waals surface area (Å²) in [5.74, 6) is -0.838. The Morgan fingerprint density at radius 2 is 2.07 bits per heavy atom. The average molecular weight is 372 g/mol. The Labute approximate surface area is 157 Å². The molecule has 1 unspecified atom stereocenters. The summed E-state index contributed by atoms with van der Waals surface area (Å²) >= 11 is 0. The van der Waals surface area contributed by atoms with Gasteiger partial charge >= 0.3 is 0 Å². The van der Waals surface area contributed by atoms with Crippen molar-refractivity contribution in [1.82, 2.24) is 20.4 Å². The fourth-order valence-electron chi connectivity index (χ4n) is 4.10. The first kappa shape index (κ1) is 18.1. The van der Waals surface area contributed by atoms with Gasteiger partial charge in [0.15, 0.2) is 0 Å². The average Bonchev–Trinajstić information content (AvgIpc) is 2.90. The van der Waals surface area contributed by atoms with Crippen molar-refractivity contribution < 1.29 is 19.5 Å². The molecule has 0 aliphatic carbocycles. The Bertz CT molecular complexity index is 805. The van der Waals surface area contributed by atoms with Crippen LogP contribution < -0.4 is 10.6 Å². The Hall–Kier alpha value is -2.29. The van der Waals surface area contributed by atoms with Crippen LogP contribution in [-0.4, -0.2) is 71.0 Å². The molecular weight excluding hydrogens is 348 g/mol. The summed E-state index contributed by atoms with van der Waals surface area (Å²) in [6, 6.07) is 5.21. The molecule has 27 heavy (non-hydrogen) atoms. The van der Waals surface area contributed by atoms with E-state index in [2.05, 4.69) is 10.6 Å². The van der Waals surface area contributed by atoms with Crippen LogP contribution in [0.2, 0.25) is 0 Å². The highest BCUT2D eigenvalue weighted by Crippen LogP contribution is 2.28. The molecule has 1 atom stereocenters. The molecule has 8 nitrogen and oxygen atoms in total. The van der Waals surface area contributed by atoms with Crippen molar-refractivity contribution in [3.05, 3.63) is 34.9 Å². The quantitative estimate of drug-likeness (QED) is 0.586. The van der Waals surface area contributed by atoms with E-state index in [-0.39, 0.29) is 18.2 Å². The molecule has 2 fully saturated rings. The monoisotopic (exact) mass is 372 g/mol. The molecule has 0 spiro atoms. The highest BCUT2D eigenvalue weighted by atomic mass is 16.3. The molecule has 0 radical (unpaired) electrons. The van der Waals surface area contributed by atoms with E-state index < -0.39 is 17.6 Å². The van der Waals surface area contributed by atoms with Crippen LogP contribution in [0.3, 0.4) is 0 Å². The number of hydrogen-bond acceptors (Lipinski definition) is 6. The van der Waals surface area contributed by atoms with Crippen molar-refractivity contribution in [3.8, 4) is 0 Å². The minimum atomic E-state index is -0.677. The van der Waals surface area contributed by atoms with E-state index >= 15 is 0 Å². The van der Waals surface area contributed by atoms with Gasteiger partial charge in [-0.15, -0.1) is 0 Å². The van der Waals surface area contributed by atoms with Crippen LogP contribution in [0.25, 0.3) is 0 Å². The fourth-order valence-corrected chi connectivity index (χ4v) is 4.10. The SMILES string of the molecule is CN(Cc1ccc2c(c1)C(=O)N(C1CCC(=O)NC1=O)C2)CC1(O)CNC1. The molecule has 3 amide bonds. The number of likely N-dealkylation sites (N-methyl/N-ethyl adjacent to an activating group) is 1. The lowest BCUT2D eigenvalue weighted by Gasteiger charge is -2.40. The second-order valence-corrected chi connectivity index (χ2v) is 7.89. The van der Waals surface area contributed by atoms with Gasteiger partial charge in [0, 0.05) is 44.7 Å². The lowest BCUT2D eigenvalue weighted by Crippen LogP contribution is -2.64. The van der Waals surface area contributed by atoms with Crippen molar-refractivity contribution >= 4 is 17.7 Å². The third kappa shape index (κ3) is 3.47. The zero-order valence-electron chi connectivity index (χ0n) is 15.3. The molecule has 3 heterocycles. The van der Waals surface area contributed by atoms with Gasteiger partial charge in [0.05, 0.1) is 0 Å². The number of β-amino-alcohol motifs (C(OH)–C–C–N with tert-alkyl or cyclic N) is 1. The van der Waals surface area contributed by atoms with Crippen LogP contribution in [0.4, 0.5) is 0 Å². The summed E-state index contributed by atoms with van der Waals surface area (Å²) < 4.78 is 0. The Morgan fingerprint density at radius 3 is 2.74 bits per heavy atom. The summed E-state index contributed by atoms with van der Waals surface area (Å²) in [5.41, 5.74) is 1.84. The van der Waals surface area contributed by atoms with Gasteiger partial charge in [-0.05, 0) is 30.7 Å². The lowest BCUT2D eigenvalue weighted by atomic mass is 9.96. The molecule has 0 aromatic heterocycles. The van der Waals surface area contributed by atoms with Crippen molar-refractivity contribution in [2.24, 2.45) is 0 Å². The zero-order valence-corrected chi connectivity index (χ0v) is 15.3. The van der Waals surface area contributed by atoms with Crippen LogP contribution in [0, 0.1) is 0 Å². The lowest BCUT2D eigenvalue weighted by molar-refractivity contribution is -0.136. The topological polar surface area (TPSA) is 102 Å². The van der Waals surface area contributed by atoms with E-state index in [0.29, 0.717) is 44.7 Å². The second kappa shape index (κ2) is 6.70. The third-order valence-corrected chi connectivity index (χ3v) is 5.52. The molecule has 3 aliphatic heterocycles. The van der Waals surface area contributed by atoms with Crippen molar-refractivity contribution in [2.75, 3.05) is 26.7 Å². The zero-order chi connectivity index (χ0) is 19.2. The second-order valence-electron chi connectivity index (χ2n) is 7.89. The van der Waals surface area contributed by atoms with Crippen molar-refractivity contribution in [1.29, 1.82) is 0 Å². The summed E-state index contributed by atoms with van der Waals surface area (Å²) in [7, 11) is 1.95. The molecule has 8 heteroatoms.